The summed E-state index contributed by atoms with van der Waals surface area (Å²) in [5.74, 6) is -0.396. The predicted molar refractivity (Wildman–Crippen MR) is 78.3 cm³/mol. The minimum absolute atomic E-state index is 0.396. The van der Waals surface area contributed by atoms with Crippen molar-refractivity contribution in [3.8, 4) is 11.1 Å². The van der Waals surface area contributed by atoms with Gasteiger partial charge in [-0.1, -0.05) is 53.6 Å². The Balaban J connectivity index is 2.25. The lowest BCUT2D eigenvalue weighted by molar-refractivity contribution is -0.148. The molecule has 3 rings (SSSR count). The number of carbonyl (C=O) groups excluding carboxylic acids is 1. The second kappa shape index (κ2) is 5.31. The van der Waals surface area contributed by atoms with Crippen LogP contribution in [0.1, 0.15) is 30.2 Å². The van der Waals surface area contributed by atoms with E-state index in [1.54, 1.807) is 0 Å². The summed E-state index contributed by atoms with van der Waals surface area (Å²) in [6, 6.07) is 14.9. The van der Waals surface area contributed by atoms with Crippen molar-refractivity contribution in [3.63, 3.8) is 0 Å². The van der Waals surface area contributed by atoms with Crippen molar-refractivity contribution >= 4 is 5.97 Å². The fraction of sp³-hybridized carbons (Fsp3) is 0.188. The first kappa shape index (κ1) is 13.2. The number of benzene rings is 2. The van der Waals surface area contributed by atoms with Crippen LogP contribution in [0.2, 0.25) is 0 Å². The molecule has 2 aromatic carbocycles. The lowest BCUT2D eigenvalue weighted by atomic mass is 9.81. The molecule has 0 saturated heterocycles. The number of carbonyl (C=O) groups is 1. The third-order valence-electron chi connectivity index (χ3n) is 3.59. The molecule has 21 heavy (non-hydrogen) atoms. The molecule has 0 N–H and O–H groups in total. The summed E-state index contributed by atoms with van der Waals surface area (Å²) in [5.41, 5.74) is 12.6. The Kier molecular flexibility index (Phi) is 3.34. The molecule has 0 spiro atoms. The zero-order chi connectivity index (χ0) is 14.8. The van der Waals surface area contributed by atoms with Crippen molar-refractivity contribution in [2.45, 2.75) is 19.1 Å². The SMILES string of the molecule is CC(=O)OC1c2ccccc2-c2ccccc2C1N=[N+]=[N-]. The van der Waals surface area contributed by atoms with Gasteiger partial charge in [0.25, 0.3) is 0 Å². The summed E-state index contributed by atoms with van der Waals surface area (Å²) >= 11 is 0. The Hall–Kier alpha value is -2.78. The van der Waals surface area contributed by atoms with E-state index < -0.39 is 18.1 Å². The molecule has 0 heterocycles. The fourth-order valence-electron chi connectivity index (χ4n) is 2.81. The third-order valence-corrected chi connectivity index (χ3v) is 3.59. The van der Waals surface area contributed by atoms with Crippen molar-refractivity contribution in [1.29, 1.82) is 0 Å². The van der Waals surface area contributed by atoms with Gasteiger partial charge >= 0.3 is 5.97 Å². The fourth-order valence-corrected chi connectivity index (χ4v) is 2.81. The molecular weight excluding hydrogens is 266 g/mol. The van der Waals surface area contributed by atoms with Gasteiger partial charge in [-0.05, 0) is 22.2 Å². The summed E-state index contributed by atoms with van der Waals surface area (Å²) < 4.78 is 5.44. The molecular formula is C16H13N3O2. The number of esters is 1. The van der Waals surface area contributed by atoms with Gasteiger partial charge in [0.05, 0.1) is 0 Å². The molecule has 0 saturated carbocycles. The van der Waals surface area contributed by atoms with Gasteiger partial charge in [0.2, 0.25) is 0 Å². The van der Waals surface area contributed by atoms with Gasteiger partial charge in [-0.2, -0.15) is 0 Å². The van der Waals surface area contributed by atoms with Crippen LogP contribution in [0.3, 0.4) is 0 Å². The van der Waals surface area contributed by atoms with Crippen molar-refractivity contribution in [3.05, 3.63) is 70.1 Å². The van der Waals surface area contributed by atoms with Crippen LogP contribution in [-0.4, -0.2) is 5.97 Å². The van der Waals surface area contributed by atoms with E-state index in [0.717, 1.165) is 22.3 Å². The van der Waals surface area contributed by atoms with E-state index in [1.807, 2.05) is 48.5 Å². The molecule has 0 bridgehead atoms. The Morgan fingerprint density at radius 3 is 2.29 bits per heavy atom. The quantitative estimate of drug-likeness (QED) is 0.355. The minimum Gasteiger partial charge on any atom is -0.457 e. The molecule has 0 aromatic heterocycles. The van der Waals surface area contributed by atoms with E-state index in [9.17, 15) is 4.79 Å². The molecule has 1 aliphatic rings. The van der Waals surface area contributed by atoms with Crippen LogP contribution in [0.4, 0.5) is 0 Å². The smallest absolute Gasteiger partial charge is 0.303 e. The number of nitrogens with zero attached hydrogens (tertiary/aromatic N) is 3. The van der Waals surface area contributed by atoms with Crippen LogP contribution in [0.25, 0.3) is 21.6 Å². The predicted octanol–water partition coefficient (Wildman–Crippen LogP) is 4.32. The Bertz CT molecular complexity index is 751. The van der Waals surface area contributed by atoms with Crippen LogP contribution in [0, 0.1) is 0 Å². The van der Waals surface area contributed by atoms with Gasteiger partial charge in [-0.25, -0.2) is 0 Å². The highest BCUT2D eigenvalue weighted by molar-refractivity contribution is 5.76. The average Bonchev–Trinajstić information content (AvgIpc) is 2.50. The van der Waals surface area contributed by atoms with Gasteiger partial charge in [-0.15, -0.1) is 0 Å². The number of fused-ring (bicyclic) bond motifs is 3. The second-order valence-corrected chi connectivity index (χ2v) is 4.85. The molecule has 0 fully saturated rings. The van der Waals surface area contributed by atoms with E-state index in [1.165, 1.54) is 6.92 Å². The lowest BCUT2D eigenvalue weighted by Crippen LogP contribution is -2.20. The number of rotatable bonds is 2. The average molecular weight is 279 g/mol. The highest BCUT2D eigenvalue weighted by Gasteiger charge is 2.34. The number of ether oxygens (including phenoxy) is 1. The third kappa shape index (κ3) is 2.24. The van der Waals surface area contributed by atoms with E-state index in [4.69, 9.17) is 10.3 Å². The van der Waals surface area contributed by atoms with E-state index >= 15 is 0 Å². The van der Waals surface area contributed by atoms with E-state index in [-0.39, 0.29) is 0 Å². The molecule has 5 heteroatoms. The van der Waals surface area contributed by atoms with Crippen molar-refractivity contribution < 1.29 is 9.53 Å². The molecule has 2 unspecified atom stereocenters. The minimum atomic E-state index is -0.593. The molecule has 2 atom stereocenters. The van der Waals surface area contributed by atoms with Crippen LogP contribution in [0.15, 0.2) is 53.6 Å². The highest BCUT2D eigenvalue weighted by Crippen LogP contribution is 2.47. The summed E-state index contributed by atoms with van der Waals surface area (Å²) in [4.78, 5) is 14.3. The van der Waals surface area contributed by atoms with Gasteiger partial charge in [0, 0.05) is 17.4 Å². The topological polar surface area (TPSA) is 75.1 Å². The molecule has 0 amide bonds. The Morgan fingerprint density at radius 2 is 1.67 bits per heavy atom. The summed E-state index contributed by atoms with van der Waals surface area (Å²) in [6.45, 7) is 1.36. The van der Waals surface area contributed by atoms with E-state index in [0.29, 0.717) is 0 Å². The first-order chi connectivity index (χ1) is 10.2. The lowest BCUT2D eigenvalue weighted by Gasteiger charge is -2.32. The monoisotopic (exact) mass is 279 g/mol. The van der Waals surface area contributed by atoms with Crippen LogP contribution in [-0.2, 0) is 9.53 Å². The Morgan fingerprint density at radius 1 is 1.10 bits per heavy atom. The van der Waals surface area contributed by atoms with Crippen molar-refractivity contribution in [2.24, 2.45) is 5.11 Å². The molecule has 1 aliphatic carbocycles. The number of hydrogen-bond acceptors (Lipinski definition) is 3. The maximum Gasteiger partial charge on any atom is 0.303 e. The standard InChI is InChI=1S/C16H13N3O2/c1-10(20)21-16-14-9-5-3-7-12(14)11-6-2-4-8-13(11)15(16)18-19-17/h2-9,15-16H,1H3. The molecule has 0 aliphatic heterocycles. The second-order valence-electron chi connectivity index (χ2n) is 4.85. The van der Waals surface area contributed by atoms with Crippen molar-refractivity contribution in [2.75, 3.05) is 0 Å². The maximum atomic E-state index is 11.4. The molecule has 5 nitrogen and oxygen atoms in total. The maximum absolute atomic E-state index is 11.4. The molecule has 0 radical (unpaired) electrons. The van der Waals surface area contributed by atoms with Gasteiger partial charge in [-0.3, -0.25) is 4.79 Å². The summed E-state index contributed by atoms with van der Waals surface area (Å²) in [7, 11) is 0. The number of hydrogen-bond donors (Lipinski definition) is 0. The Labute approximate surface area is 121 Å². The molecule has 2 aromatic rings. The first-order valence-corrected chi connectivity index (χ1v) is 6.62. The first-order valence-electron chi connectivity index (χ1n) is 6.62. The van der Waals surface area contributed by atoms with Crippen LogP contribution >= 0.6 is 0 Å². The zero-order valence-corrected chi connectivity index (χ0v) is 11.4. The van der Waals surface area contributed by atoms with Crippen molar-refractivity contribution in [1.82, 2.24) is 0 Å². The van der Waals surface area contributed by atoms with Crippen LogP contribution < -0.4 is 0 Å². The van der Waals surface area contributed by atoms with Gasteiger partial charge < -0.3 is 4.74 Å². The number of azide groups is 1. The zero-order valence-electron chi connectivity index (χ0n) is 11.4. The molecule has 104 valence electrons. The largest absolute Gasteiger partial charge is 0.457 e. The van der Waals surface area contributed by atoms with Crippen LogP contribution in [0.5, 0.6) is 0 Å². The highest BCUT2D eigenvalue weighted by atomic mass is 16.5. The normalized spacial score (nSPS) is 18.9. The summed E-state index contributed by atoms with van der Waals surface area (Å²) in [6.07, 6.45) is -0.593. The summed E-state index contributed by atoms with van der Waals surface area (Å²) in [5, 5.41) is 3.86. The van der Waals surface area contributed by atoms with E-state index in [2.05, 4.69) is 10.0 Å². The van der Waals surface area contributed by atoms with Gasteiger partial charge in [0.1, 0.15) is 12.1 Å². The van der Waals surface area contributed by atoms with Gasteiger partial charge in [0.15, 0.2) is 0 Å².